The molecule has 0 spiro atoms. The molecule has 1 aromatic carbocycles. The van der Waals surface area contributed by atoms with E-state index in [1.54, 1.807) is 6.92 Å². The number of halogens is 1. The lowest BCUT2D eigenvalue weighted by atomic mass is 10.3. The summed E-state index contributed by atoms with van der Waals surface area (Å²) >= 11 is 3.29. The number of carbonyl (C=O) groups is 1. The van der Waals surface area contributed by atoms with E-state index in [1.807, 2.05) is 30.3 Å². The van der Waals surface area contributed by atoms with Gasteiger partial charge in [-0.3, -0.25) is 10.2 Å². The van der Waals surface area contributed by atoms with Gasteiger partial charge in [0, 0.05) is 5.33 Å². The zero-order chi connectivity index (χ0) is 12.5. The lowest BCUT2D eigenvalue weighted by molar-refractivity contribution is -0.141. The van der Waals surface area contributed by atoms with E-state index in [2.05, 4.69) is 26.5 Å². The summed E-state index contributed by atoms with van der Waals surface area (Å²) in [4.78, 5) is 11.3. The third-order valence-corrected chi connectivity index (χ3v) is 2.57. The van der Waals surface area contributed by atoms with Gasteiger partial charge in [0.2, 0.25) is 0 Å². The van der Waals surface area contributed by atoms with Gasteiger partial charge in [0.15, 0.2) is 0 Å². The van der Waals surface area contributed by atoms with Crippen LogP contribution in [-0.2, 0) is 9.53 Å². The molecule has 0 aliphatic heterocycles. The van der Waals surface area contributed by atoms with Gasteiger partial charge in [-0.2, -0.15) is 5.10 Å². The first-order chi connectivity index (χ1) is 8.26. The first-order valence-electron chi connectivity index (χ1n) is 5.34. The fourth-order valence-corrected chi connectivity index (χ4v) is 1.48. The molecule has 1 aromatic rings. The fourth-order valence-electron chi connectivity index (χ4n) is 1.15. The Bertz CT molecular complexity index is 379. The van der Waals surface area contributed by atoms with Crippen LogP contribution < -0.4 is 5.43 Å². The van der Waals surface area contributed by atoms with Gasteiger partial charge in [0.25, 0.3) is 0 Å². The largest absolute Gasteiger partial charge is 0.466 e. The molecular weight excluding hydrogens is 284 g/mol. The van der Waals surface area contributed by atoms with Crippen molar-refractivity contribution in [3.05, 3.63) is 30.3 Å². The van der Waals surface area contributed by atoms with Crippen molar-refractivity contribution in [1.29, 1.82) is 0 Å². The van der Waals surface area contributed by atoms with Crippen molar-refractivity contribution >= 4 is 33.3 Å². The van der Waals surface area contributed by atoms with Gasteiger partial charge < -0.3 is 4.74 Å². The number of hydrazone groups is 1. The Morgan fingerprint density at radius 3 is 2.71 bits per heavy atom. The molecule has 1 rings (SSSR count). The summed E-state index contributed by atoms with van der Waals surface area (Å²) in [5, 5.41) is 4.69. The van der Waals surface area contributed by atoms with Crippen molar-refractivity contribution in [3.8, 4) is 0 Å². The molecule has 0 heterocycles. The van der Waals surface area contributed by atoms with E-state index < -0.39 is 0 Å². The maximum absolute atomic E-state index is 11.3. The van der Waals surface area contributed by atoms with Crippen LogP contribution in [0.4, 0.5) is 5.69 Å². The maximum Gasteiger partial charge on any atom is 0.311 e. The summed E-state index contributed by atoms with van der Waals surface area (Å²) in [6, 6.07) is 9.56. The molecule has 5 heteroatoms. The van der Waals surface area contributed by atoms with Crippen molar-refractivity contribution < 1.29 is 9.53 Å². The van der Waals surface area contributed by atoms with Crippen molar-refractivity contribution in [2.24, 2.45) is 5.10 Å². The van der Waals surface area contributed by atoms with Crippen LogP contribution in [0, 0.1) is 0 Å². The number of esters is 1. The molecular formula is C12H15BrN2O2. The second kappa shape index (κ2) is 7.84. The van der Waals surface area contributed by atoms with Crippen LogP contribution in [0.15, 0.2) is 35.4 Å². The third kappa shape index (κ3) is 5.49. The van der Waals surface area contributed by atoms with E-state index in [0.29, 0.717) is 17.6 Å². The summed E-state index contributed by atoms with van der Waals surface area (Å²) in [6.45, 7) is 2.17. The van der Waals surface area contributed by atoms with Gasteiger partial charge in [0.05, 0.1) is 24.4 Å². The van der Waals surface area contributed by atoms with Crippen LogP contribution in [0.1, 0.15) is 13.3 Å². The number of anilines is 1. The molecule has 4 nitrogen and oxygen atoms in total. The average molecular weight is 299 g/mol. The van der Waals surface area contributed by atoms with E-state index >= 15 is 0 Å². The molecule has 0 saturated heterocycles. The highest BCUT2D eigenvalue weighted by molar-refractivity contribution is 9.09. The molecule has 0 amide bonds. The SMILES string of the molecule is CCOC(=O)C/C(CBr)=N/Nc1ccccc1. The first-order valence-corrected chi connectivity index (χ1v) is 6.46. The summed E-state index contributed by atoms with van der Waals surface area (Å²) < 4.78 is 4.86. The van der Waals surface area contributed by atoms with Gasteiger partial charge in [-0.1, -0.05) is 34.1 Å². The number of benzene rings is 1. The Hall–Kier alpha value is -1.36. The molecule has 17 heavy (non-hydrogen) atoms. The Morgan fingerprint density at radius 2 is 2.12 bits per heavy atom. The Kier molecular flexibility index (Phi) is 6.32. The summed E-state index contributed by atoms with van der Waals surface area (Å²) in [5.41, 5.74) is 4.48. The predicted molar refractivity (Wildman–Crippen MR) is 72.5 cm³/mol. The summed E-state index contributed by atoms with van der Waals surface area (Å²) in [7, 11) is 0. The fraction of sp³-hybridized carbons (Fsp3) is 0.333. The summed E-state index contributed by atoms with van der Waals surface area (Å²) in [6.07, 6.45) is 0.193. The summed E-state index contributed by atoms with van der Waals surface area (Å²) in [5.74, 6) is -0.263. The van der Waals surface area contributed by atoms with Gasteiger partial charge in [0.1, 0.15) is 0 Å². The molecule has 0 aromatic heterocycles. The van der Waals surface area contributed by atoms with Crippen LogP contribution in [0.2, 0.25) is 0 Å². The van der Waals surface area contributed by atoms with Gasteiger partial charge in [-0.15, -0.1) is 0 Å². The van der Waals surface area contributed by atoms with E-state index in [1.165, 1.54) is 0 Å². The highest BCUT2D eigenvalue weighted by Gasteiger charge is 2.07. The molecule has 1 N–H and O–H groups in total. The normalized spacial score (nSPS) is 11.1. The van der Waals surface area contributed by atoms with E-state index in [4.69, 9.17) is 4.74 Å². The number of hydrogen-bond acceptors (Lipinski definition) is 4. The number of hydrogen-bond donors (Lipinski definition) is 1. The highest BCUT2D eigenvalue weighted by Crippen LogP contribution is 2.05. The van der Waals surface area contributed by atoms with Gasteiger partial charge >= 0.3 is 5.97 Å². The number of nitrogens with zero attached hydrogens (tertiary/aromatic N) is 1. The topological polar surface area (TPSA) is 50.7 Å². The standard InChI is InChI=1S/C12H15BrN2O2/c1-2-17-12(16)8-11(9-13)15-14-10-6-4-3-5-7-10/h3-7,14H,2,8-9H2,1H3/b15-11-. The minimum atomic E-state index is -0.263. The molecule has 0 aliphatic carbocycles. The van der Waals surface area contributed by atoms with E-state index in [-0.39, 0.29) is 12.4 Å². The first kappa shape index (κ1) is 13.7. The smallest absolute Gasteiger partial charge is 0.311 e. The highest BCUT2D eigenvalue weighted by atomic mass is 79.9. The lowest BCUT2D eigenvalue weighted by Gasteiger charge is -2.04. The molecule has 0 atom stereocenters. The minimum absolute atomic E-state index is 0.193. The number of carbonyl (C=O) groups excluding carboxylic acids is 1. The second-order valence-corrected chi connectivity index (χ2v) is 3.83. The molecule has 0 bridgehead atoms. The predicted octanol–water partition coefficient (Wildman–Crippen LogP) is 2.80. The Morgan fingerprint density at radius 1 is 1.41 bits per heavy atom. The van der Waals surface area contributed by atoms with Gasteiger partial charge in [-0.05, 0) is 19.1 Å². The second-order valence-electron chi connectivity index (χ2n) is 3.27. The molecule has 0 saturated carbocycles. The maximum atomic E-state index is 11.3. The van der Waals surface area contributed by atoms with Gasteiger partial charge in [-0.25, -0.2) is 0 Å². The van der Waals surface area contributed by atoms with Crippen LogP contribution in [0.3, 0.4) is 0 Å². The quantitative estimate of drug-likeness (QED) is 0.380. The number of alkyl halides is 1. The zero-order valence-corrected chi connectivity index (χ0v) is 11.2. The Labute approximate surface area is 109 Å². The Balaban J connectivity index is 2.52. The monoisotopic (exact) mass is 298 g/mol. The molecule has 0 aliphatic rings. The van der Waals surface area contributed by atoms with E-state index in [9.17, 15) is 4.79 Å². The molecule has 92 valence electrons. The third-order valence-electron chi connectivity index (χ3n) is 1.92. The average Bonchev–Trinajstić information content (AvgIpc) is 2.36. The number of rotatable bonds is 6. The van der Waals surface area contributed by atoms with Crippen LogP contribution >= 0.6 is 15.9 Å². The van der Waals surface area contributed by atoms with Crippen LogP contribution in [0.25, 0.3) is 0 Å². The molecule has 0 radical (unpaired) electrons. The van der Waals surface area contributed by atoms with Crippen molar-refractivity contribution in [3.63, 3.8) is 0 Å². The molecule has 0 fully saturated rings. The minimum Gasteiger partial charge on any atom is -0.466 e. The van der Waals surface area contributed by atoms with E-state index in [0.717, 1.165) is 5.69 Å². The van der Waals surface area contributed by atoms with Crippen LogP contribution in [0.5, 0.6) is 0 Å². The van der Waals surface area contributed by atoms with Crippen molar-refractivity contribution in [1.82, 2.24) is 0 Å². The molecule has 0 unspecified atom stereocenters. The van der Waals surface area contributed by atoms with Crippen molar-refractivity contribution in [2.75, 3.05) is 17.4 Å². The number of nitrogens with one attached hydrogen (secondary N) is 1. The lowest BCUT2D eigenvalue weighted by Crippen LogP contribution is -2.13. The number of para-hydroxylation sites is 1. The zero-order valence-electron chi connectivity index (χ0n) is 9.65. The van der Waals surface area contributed by atoms with Crippen molar-refractivity contribution in [2.45, 2.75) is 13.3 Å². The van der Waals surface area contributed by atoms with Crippen LogP contribution in [-0.4, -0.2) is 23.6 Å². The number of ether oxygens (including phenoxy) is 1.